The SMILES string of the molecule is C[C@H]1C[C@@H](OCCOS(=O)(=O)Cc2ccccc2)CN(C(=O)OC(C)(C)C)C1. The van der Waals surface area contributed by atoms with Crippen molar-refractivity contribution in [3.8, 4) is 0 Å². The van der Waals surface area contributed by atoms with Crippen molar-refractivity contribution in [3.05, 3.63) is 35.9 Å². The van der Waals surface area contributed by atoms with Crippen LogP contribution in [0, 0.1) is 5.92 Å². The van der Waals surface area contributed by atoms with Crippen LogP contribution in [0.5, 0.6) is 0 Å². The zero-order valence-electron chi connectivity index (χ0n) is 17.1. The van der Waals surface area contributed by atoms with Crippen molar-refractivity contribution in [2.24, 2.45) is 5.92 Å². The molecule has 1 aromatic carbocycles. The van der Waals surface area contributed by atoms with E-state index in [9.17, 15) is 13.2 Å². The van der Waals surface area contributed by atoms with Gasteiger partial charge in [0.15, 0.2) is 0 Å². The second kappa shape index (κ2) is 9.71. The Morgan fingerprint density at radius 1 is 1.14 bits per heavy atom. The molecular weight excluding hydrogens is 382 g/mol. The average Bonchev–Trinajstić information content (AvgIpc) is 2.57. The fourth-order valence-corrected chi connectivity index (χ4v) is 4.09. The predicted molar refractivity (Wildman–Crippen MR) is 106 cm³/mol. The summed E-state index contributed by atoms with van der Waals surface area (Å²) in [6.45, 7) is 8.69. The molecule has 1 heterocycles. The second-order valence-electron chi connectivity index (χ2n) is 8.23. The second-order valence-corrected chi connectivity index (χ2v) is 9.87. The molecule has 1 saturated heterocycles. The maximum Gasteiger partial charge on any atom is 0.410 e. The van der Waals surface area contributed by atoms with Crippen molar-refractivity contribution in [1.29, 1.82) is 0 Å². The van der Waals surface area contributed by atoms with Gasteiger partial charge >= 0.3 is 6.09 Å². The van der Waals surface area contributed by atoms with Crippen LogP contribution in [0.3, 0.4) is 0 Å². The minimum absolute atomic E-state index is 0.0491. The molecule has 0 radical (unpaired) electrons. The molecule has 0 aromatic heterocycles. The smallest absolute Gasteiger partial charge is 0.410 e. The minimum atomic E-state index is -3.66. The monoisotopic (exact) mass is 413 g/mol. The Morgan fingerprint density at radius 3 is 2.46 bits per heavy atom. The van der Waals surface area contributed by atoms with E-state index in [1.54, 1.807) is 29.2 Å². The molecule has 0 bridgehead atoms. The van der Waals surface area contributed by atoms with E-state index in [-0.39, 0.29) is 37.1 Å². The van der Waals surface area contributed by atoms with Gasteiger partial charge in [0, 0.05) is 6.54 Å². The zero-order valence-corrected chi connectivity index (χ0v) is 17.9. The summed E-state index contributed by atoms with van der Waals surface area (Å²) in [5, 5.41) is 0. The lowest BCUT2D eigenvalue weighted by molar-refractivity contribution is -0.0372. The first-order valence-corrected chi connectivity index (χ1v) is 11.1. The van der Waals surface area contributed by atoms with Crippen molar-refractivity contribution < 1.29 is 26.9 Å². The summed E-state index contributed by atoms with van der Waals surface area (Å²) < 4.78 is 40.3. The molecule has 0 unspecified atom stereocenters. The first kappa shape index (κ1) is 22.6. The standard InChI is InChI=1S/C20H31NO6S/c1-16-12-18(14-21(13-16)19(22)27-20(2,3)4)25-10-11-26-28(23,24)15-17-8-6-5-7-9-17/h5-9,16,18H,10-15H2,1-4H3/t16-,18+/m0/s1. The van der Waals surface area contributed by atoms with Gasteiger partial charge in [0.1, 0.15) is 11.4 Å². The van der Waals surface area contributed by atoms with Crippen LogP contribution in [-0.4, -0.2) is 57.4 Å². The van der Waals surface area contributed by atoms with Gasteiger partial charge in [-0.2, -0.15) is 8.42 Å². The fourth-order valence-electron chi connectivity index (χ4n) is 3.09. The van der Waals surface area contributed by atoms with Crippen LogP contribution in [0.1, 0.15) is 39.7 Å². The van der Waals surface area contributed by atoms with E-state index in [1.807, 2.05) is 33.8 Å². The topological polar surface area (TPSA) is 82.1 Å². The van der Waals surface area contributed by atoms with Crippen molar-refractivity contribution >= 4 is 16.2 Å². The van der Waals surface area contributed by atoms with Crippen molar-refractivity contribution in [2.45, 2.75) is 51.6 Å². The number of benzene rings is 1. The third kappa shape index (κ3) is 8.16. The normalized spacial score (nSPS) is 20.8. The Labute approximate surface area is 168 Å². The maximum absolute atomic E-state index is 12.3. The number of amides is 1. The summed E-state index contributed by atoms with van der Waals surface area (Å²) in [4.78, 5) is 13.9. The number of likely N-dealkylation sites (tertiary alicyclic amines) is 1. The number of ether oxygens (including phenoxy) is 2. The Balaban J connectivity index is 1.76. The number of carbonyl (C=O) groups is 1. The molecule has 0 saturated carbocycles. The van der Waals surface area contributed by atoms with Gasteiger partial charge in [0.25, 0.3) is 10.1 Å². The summed E-state index contributed by atoms with van der Waals surface area (Å²) in [7, 11) is -3.66. The maximum atomic E-state index is 12.3. The van der Waals surface area contributed by atoms with E-state index < -0.39 is 15.7 Å². The Morgan fingerprint density at radius 2 is 1.82 bits per heavy atom. The number of hydrogen-bond donors (Lipinski definition) is 0. The quantitative estimate of drug-likeness (QED) is 0.504. The predicted octanol–water partition coefficient (Wildman–Crippen LogP) is 3.20. The van der Waals surface area contributed by atoms with E-state index in [0.717, 1.165) is 6.42 Å². The number of nitrogens with zero attached hydrogens (tertiary/aromatic N) is 1. The first-order chi connectivity index (χ1) is 13.0. The highest BCUT2D eigenvalue weighted by Gasteiger charge is 2.31. The molecule has 7 nitrogen and oxygen atoms in total. The Kier molecular flexibility index (Phi) is 7.86. The highest BCUT2D eigenvalue weighted by molar-refractivity contribution is 7.85. The van der Waals surface area contributed by atoms with Gasteiger partial charge < -0.3 is 14.4 Å². The molecule has 8 heteroatoms. The van der Waals surface area contributed by atoms with Gasteiger partial charge in [-0.1, -0.05) is 37.3 Å². The van der Waals surface area contributed by atoms with Gasteiger partial charge in [-0.05, 0) is 38.7 Å². The summed E-state index contributed by atoms with van der Waals surface area (Å²) in [6.07, 6.45) is 0.279. The first-order valence-electron chi connectivity index (χ1n) is 9.54. The summed E-state index contributed by atoms with van der Waals surface area (Å²) in [5.41, 5.74) is 0.132. The fraction of sp³-hybridized carbons (Fsp3) is 0.650. The van der Waals surface area contributed by atoms with Crippen molar-refractivity contribution in [3.63, 3.8) is 0 Å². The highest BCUT2D eigenvalue weighted by atomic mass is 32.2. The van der Waals surface area contributed by atoms with Crippen LogP contribution < -0.4 is 0 Å². The molecule has 2 rings (SSSR count). The third-order valence-electron chi connectivity index (χ3n) is 4.16. The molecule has 0 N–H and O–H groups in total. The molecule has 2 atom stereocenters. The lowest BCUT2D eigenvalue weighted by Gasteiger charge is -2.37. The number of hydrogen-bond acceptors (Lipinski definition) is 6. The van der Waals surface area contributed by atoms with E-state index in [0.29, 0.717) is 18.7 Å². The van der Waals surface area contributed by atoms with Gasteiger partial charge in [0.05, 0.1) is 25.9 Å². The van der Waals surface area contributed by atoms with Gasteiger partial charge in [-0.25, -0.2) is 4.79 Å². The van der Waals surface area contributed by atoms with E-state index in [1.165, 1.54) is 0 Å². The van der Waals surface area contributed by atoms with Gasteiger partial charge in [0.2, 0.25) is 0 Å². The van der Waals surface area contributed by atoms with Crippen molar-refractivity contribution in [2.75, 3.05) is 26.3 Å². The number of rotatable bonds is 7. The molecular formula is C20H31NO6S. The molecule has 28 heavy (non-hydrogen) atoms. The third-order valence-corrected chi connectivity index (χ3v) is 5.37. The van der Waals surface area contributed by atoms with E-state index in [2.05, 4.69) is 0 Å². The molecule has 1 aliphatic rings. The average molecular weight is 414 g/mol. The van der Waals surface area contributed by atoms with Gasteiger partial charge in [-0.15, -0.1) is 0 Å². The molecule has 1 fully saturated rings. The van der Waals surface area contributed by atoms with Crippen LogP contribution in [0.15, 0.2) is 30.3 Å². The lowest BCUT2D eigenvalue weighted by atomic mass is 9.98. The van der Waals surface area contributed by atoms with Crippen molar-refractivity contribution in [1.82, 2.24) is 4.90 Å². The molecule has 1 aliphatic heterocycles. The van der Waals surface area contributed by atoms with Gasteiger partial charge in [-0.3, -0.25) is 4.18 Å². The van der Waals surface area contributed by atoms with Crippen LogP contribution in [-0.2, 0) is 29.5 Å². The summed E-state index contributed by atoms with van der Waals surface area (Å²) in [5.74, 6) is 0.106. The largest absolute Gasteiger partial charge is 0.444 e. The highest BCUT2D eigenvalue weighted by Crippen LogP contribution is 2.21. The van der Waals surface area contributed by atoms with E-state index >= 15 is 0 Å². The molecule has 1 aromatic rings. The van der Waals surface area contributed by atoms with Crippen LogP contribution in [0.2, 0.25) is 0 Å². The molecule has 0 spiro atoms. The molecule has 0 aliphatic carbocycles. The summed E-state index contributed by atoms with van der Waals surface area (Å²) >= 11 is 0. The van der Waals surface area contributed by atoms with E-state index in [4.69, 9.17) is 13.7 Å². The zero-order chi connectivity index (χ0) is 20.8. The van der Waals surface area contributed by atoms with Crippen LogP contribution in [0.25, 0.3) is 0 Å². The lowest BCUT2D eigenvalue weighted by Crippen LogP contribution is -2.48. The summed E-state index contributed by atoms with van der Waals surface area (Å²) in [6, 6.07) is 8.89. The number of piperidine rings is 1. The molecule has 158 valence electrons. The van der Waals surface area contributed by atoms with Crippen LogP contribution in [0.4, 0.5) is 4.79 Å². The molecule has 1 amide bonds. The Bertz CT molecular complexity index is 729. The number of carbonyl (C=O) groups excluding carboxylic acids is 1. The Hall–Kier alpha value is -1.64. The van der Waals surface area contributed by atoms with Crippen LogP contribution >= 0.6 is 0 Å². The minimum Gasteiger partial charge on any atom is -0.444 e.